The number of piperidine rings is 1. The number of pyridine rings is 1. The Morgan fingerprint density at radius 1 is 1.44 bits per heavy atom. The molecule has 0 bridgehead atoms. The van der Waals surface area contributed by atoms with Crippen molar-refractivity contribution in [1.29, 1.82) is 0 Å². The molecule has 1 aliphatic heterocycles. The SMILES string of the molecule is Clc1ccnc2[nH]c([C@@H]3CCCNC3)cc12. The van der Waals surface area contributed by atoms with Crippen LogP contribution in [-0.2, 0) is 0 Å². The molecule has 2 aromatic heterocycles. The maximum atomic E-state index is 6.13. The Kier molecular flexibility index (Phi) is 2.58. The number of fused-ring (bicyclic) bond motifs is 1. The molecule has 0 unspecified atom stereocenters. The quantitative estimate of drug-likeness (QED) is 0.798. The maximum absolute atomic E-state index is 6.13. The van der Waals surface area contributed by atoms with Crippen molar-refractivity contribution in [3.63, 3.8) is 0 Å². The van der Waals surface area contributed by atoms with Crippen molar-refractivity contribution in [1.82, 2.24) is 15.3 Å². The number of hydrogen-bond acceptors (Lipinski definition) is 2. The summed E-state index contributed by atoms with van der Waals surface area (Å²) >= 11 is 6.13. The minimum atomic E-state index is 0.569. The Hall–Kier alpha value is -1.06. The van der Waals surface area contributed by atoms with E-state index in [-0.39, 0.29) is 0 Å². The van der Waals surface area contributed by atoms with E-state index < -0.39 is 0 Å². The molecular formula is C12H14ClN3. The van der Waals surface area contributed by atoms with Gasteiger partial charge in [0.05, 0.1) is 5.02 Å². The third-order valence-corrected chi connectivity index (χ3v) is 3.57. The van der Waals surface area contributed by atoms with E-state index in [2.05, 4.69) is 21.4 Å². The van der Waals surface area contributed by atoms with Gasteiger partial charge in [-0.05, 0) is 31.5 Å². The summed E-state index contributed by atoms with van der Waals surface area (Å²) in [6, 6.07) is 3.98. The van der Waals surface area contributed by atoms with E-state index >= 15 is 0 Å². The third kappa shape index (κ3) is 1.70. The lowest BCUT2D eigenvalue weighted by Crippen LogP contribution is -2.28. The van der Waals surface area contributed by atoms with Gasteiger partial charge < -0.3 is 10.3 Å². The molecule has 1 fully saturated rings. The molecule has 0 radical (unpaired) electrons. The summed E-state index contributed by atoms with van der Waals surface area (Å²) in [4.78, 5) is 7.67. The molecule has 84 valence electrons. The van der Waals surface area contributed by atoms with Crippen LogP contribution in [0.1, 0.15) is 24.5 Å². The average molecular weight is 236 g/mol. The van der Waals surface area contributed by atoms with Crippen LogP contribution >= 0.6 is 11.6 Å². The summed E-state index contributed by atoms with van der Waals surface area (Å²) in [5.41, 5.74) is 2.15. The molecule has 16 heavy (non-hydrogen) atoms. The second kappa shape index (κ2) is 4.07. The van der Waals surface area contributed by atoms with Crippen molar-refractivity contribution in [3.05, 3.63) is 29.0 Å². The van der Waals surface area contributed by atoms with Gasteiger partial charge in [0.15, 0.2) is 0 Å². The Balaban J connectivity index is 2.01. The van der Waals surface area contributed by atoms with Crippen molar-refractivity contribution in [3.8, 4) is 0 Å². The molecule has 0 amide bonds. The molecule has 3 heterocycles. The van der Waals surface area contributed by atoms with Crippen LogP contribution in [-0.4, -0.2) is 23.1 Å². The number of aromatic amines is 1. The first kappa shape index (κ1) is 10.1. The van der Waals surface area contributed by atoms with E-state index in [1.807, 2.05) is 6.07 Å². The molecule has 0 spiro atoms. The lowest BCUT2D eigenvalue weighted by atomic mass is 9.96. The summed E-state index contributed by atoms with van der Waals surface area (Å²) in [5, 5.41) is 5.23. The molecule has 3 nitrogen and oxygen atoms in total. The number of nitrogens with one attached hydrogen (secondary N) is 2. The minimum Gasteiger partial charge on any atom is -0.343 e. The number of nitrogens with zero attached hydrogens (tertiary/aromatic N) is 1. The van der Waals surface area contributed by atoms with Crippen LogP contribution in [0.2, 0.25) is 5.02 Å². The summed E-state index contributed by atoms with van der Waals surface area (Å²) in [6.45, 7) is 2.18. The third-order valence-electron chi connectivity index (χ3n) is 3.24. The number of H-pyrrole nitrogens is 1. The lowest BCUT2D eigenvalue weighted by molar-refractivity contribution is 0.456. The fourth-order valence-electron chi connectivity index (χ4n) is 2.35. The second-order valence-corrected chi connectivity index (χ2v) is 4.73. The molecular weight excluding hydrogens is 222 g/mol. The van der Waals surface area contributed by atoms with E-state index in [4.69, 9.17) is 11.6 Å². The van der Waals surface area contributed by atoms with E-state index in [9.17, 15) is 0 Å². The van der Waals surface area contributed by atoms with E-state index in [1.165, 1.54) is 18.5 Å². The number of aromatic nitrogens is 2. The van der Waals surface area contributed by atoms with Crippen molar-refractivity contribution in [2.75, 3.05) is 13.1 Å². The van der Waals surface area contributed by atoms with Gasteiger partial charge >= 0.3 is 0 Å². The van der Waals surface area contributed by atoms with Crippen LogP contribution in [0.15, 0.2) is 18.3 Å². The Morgan fingerprint density at radius 3 is 3.12 bits per heavy atom. The summed E-state index contributed by atoms with van der Waals surface area (Å²) in [7, 11) is 0. The fourth-order valence-corrected chi connectivity index (χ4v) is 2.55. The molecule has 0 saturated carbocycles. The molecule has 3 rings (SSSR count). The molecule has 4 heteroatoms. The first-order valence-corrected chi connectivity index (χ1v) is 6.06. The highest BCUT2D eigenvalue weighted by Crippen LogP contribution is 2.28. The first-order valence-electron chi connectivity index (χ1n) is 5.68. The van der Waals surface area contributed by atoms with Gasteiger partial charge in [-0.15, -0.1) is 0 Å². The van der Waals surface area contributed by atoms with Gasteiger partial charge in [0.25, 0.3) is 0 Å². The standard InChI is InChI=1S/C12H14ClN3/c13-10-3-5-15-12-9(10)6-11(16-12)8-2-1-4-14-7-8/h3,5-6,8,14H,1-2,4,7H2,(H,15,16)/t8-/m1/s1. The number of hydrogen-bond donors (Lipinski definition) is 2. The van der Waals surface area contributed by atoms with Crippen LogP contribution in [0.5, 0.6) is 0 Å². The Labute approximate surface area is 99.2 Å². The lowest BCUT2D eigenvalue weighted by Gasteiger charge is -2.21. The molecule has 2 N–H and O–H groups in total. The van der Waals surface area contributed by atoms with Crippen LogP contribution in [0, 0.1) is 0 Å². The van der Waals surface area contributed by atoms with Crippen LogP contribution in [0.3, 0.4) is 0 Å². The zero-order valence-electron chi connectivity index (χ0n) is 8.96. The topological polar surface area (TPSA) is 40.7 Å². The number of halogens is 1. The maximum Gasteiger partial charge on any atom is 0.138 e. The monoisotopic (exact) mass is 235 g/mol. The number of rotatable bonds is 1. The summed E-state index contributed by atoms with van der Waals surface area (Å²) in [6.07, 6.45) is 4.21. The molecule has 1 atom stereocenters. The van der Waals surface area contributed by atoms with Gasteiger partial charge in [0.2, 0.25) is 0 Å². The van der Waals surface area contributed by atoms with Crippen LogP contribution in [0.4, 0.5) is 0 Å². The molecule has 1 saturated heterocycles. The van der Waals surface area contributed by atoms with Crippen molar-refractivity contribution in [2.24, 2.45) is 0 Å². The van der Waals surface area contributed by atoms with Crippen molar-refractivity contribution < 1.29 is 0 Å². The fraction of sp³-hybridized carbons (Fsp3) is 0.417. The van der Waals surface area contributed by atoms with Gasteiger partial charge in [-0.2, -0.15) is 0 Å². The molecule has 2 aromatic rings. The first-order chi connectivity index (χ1) is 7.84. The smallest absolute Gasteiger partial charge is 0.138 e. The van der Waals surface area contributed by atoms with Crippen LogP contribution < -0.4 is 5.32 Å². The van der Waals surface area contributed by atoms with E-state index in [0.29, 0.717) is 5.92 Å². The highest BCUT2D eigenvalue weighted by atomic mass is 35.5. The molecule has 1 aliphatic rings. The summed E-state index contributed by atoms with van der Waals surface area (Å²) in [5.74, 6) is 0.569. The largest absolute Gasteiger partial charge is 0.343 e. The predicted molar refractivity (Wildman–Crippen MR) is 65.9 cm³/mol. The van der Waals surface area contributed by atoms with Crippen LogP contribution in [0.25, 0.3) is 11.0 Å². The molecule has 0 aliphatic carbocycles. The predicted octanol–water partition coefficient (Wildman–Crippen LogP) is 2.68. The normalized spacial score (nSPS) is 21.4. The zero-order chi connectivity index (χ0) is 11.0. The summed E-state index contributed by atoms with van der Waals surface area (Å²) < 4.78 is 0. The van der Waals surface area contributed by atoms with Gasteiger partial charge in [-0.1, -0.05) is 11.6 Å². The molecule has 0 aromatic carbocycles. The average Bonchev–Trinajstić information content (AvgIpc) is 2.76. The highest BCUT2D eigenvalue weighted by Gasteiger charge is 2.17. The van der Waals surface area contributed by atoms with Gasteiger partial charge in [0, 0.05) is 29.7 Å². The van der Waals surface area contributed by atoms with Gasteiger partial charge in [-0.3, -0.25) is 0 Å². The van der Waals surface area contributed by atoms with Gasteiger partial charge in [-0.25, -0.2) is 4.98 Å². The van der Waals surface area contributed by atoms with Gasteiger partial charge in [0.1, 0.15) is 5.65 Å². The van der Waals surface area contributed by atoms with E-state index in [1.54, 1.807) is 6.20 Å². The highest BCUT2D eigenvalue weighted by molar-refractivity contribution is 6.35. The second-order valence-electron chi connectivity index (χ2n) is 4.32. The van der Waals surface area contributed by atoms with Crippen molar-refractivity contribution >= 4 is 22.6 Å². The zero-order valence-corrected chi connectivity index (χ0v) is 9.72. The van der Waals surface area contributed by atoms with E-state index in [0.717, 1.165) is 29.1 Å². The minimum absolute atomic E-state index is 0.569. The van der Waals surface area contributed by atoms with Crippen molar-refractivity contribution in [2.45, 2.75) is 18.8 Å². The Bertz CT molecular complexity index is 500. The Morgan fingerprint density at radius 2 is 2.38 bits per heavy atom.